The summed E-state index contributed by atoms with van der Waals surface area (Å²) in [6.07, 6.45) is 4.11. The second-order valence-corrected chi connectivity index (χ2v) is 5.43. The van der Waals surface area contributed by atoms with Crippen LogP contribution in [0.2, 0.25) is 0 Å². The summed E-state index contributed by atoms with van der Waals surface area (Å²) in [6, 6.07) is 4.95. The molecule has 0 aliphatic carbocycles. The molecule has 0 saturated carbocycles. The lowest BCUT2D eigenvalue weighted by Gasteiger charge is -2.34. The summed E-state index contributed by atoms with van der Waals surface area (Å²) in [6.45, 7) is 5.51. The van der Waals surface area contributed by atoms with Crippen molar-refractivity contribution < 1.29 is 9.18 Å². The van der Waals surface area contributed by atoms with Crippen LogP contribution in [-0.4, -0.2) is 29.9 Å². The molecule has 1 fully saturated rings. The number of hydrogen-bond acceptors (Lipinski definition) is 2. The predicted molar refractivity (Wildman–Crippen MR) is 79.5 cm³/mol. The van der Waals surface area contributed by atoms with E-state index in [0.29, 0.717) is 17.8 Å². The minimum Gasteiger partial charge on any atom is -0.382 e. The van der Waals surface area contributed by atoms with Crippen molar-refractivity contribution in [3.63, 3.8) is 0 Å². The van der Waals surface area contributed by atoms with Gasteiger partial charge in [0.1, 0.15) is 5.82 Å². The summed E-state index contributed by atoms with van der Waals surface area (Å²) < 4.78 is 14.0. The highest BCUT2D eigenvalue weighted by Gasteiger charge is 2.26. The molecule has 1 aromatic rings. The third kappa shape index (κ3) is 3.11. The van der Waals surface area contributed by atoms with Crippen LogP contribution in [0.1, 0.15) is 49.9 Å². The third-order valence-electron chi connectivity index (χ3n) is 3.86. The van der Waals surface area contributed by atoms with Crippen LogP contribution in [0, 0.1) is 5.82 Å². The molecule has 0 aromatic heterocycles. The minimum atomic E-state index is -0.353. The Kier molecular flexibility index (Phi) is 4.99. The van der Waals surface area contributed by atoms with Crippen LogP contribution >= 0.6 is 0 Å². The van der Waals surface area contributed by atoms with Crippen LogP contribution in [0.25, 0.3) is 0 Å². The standard InChI is InChI=1S/C16H23FN2O/c1-3-10-18-15-13(8-6-9-14(15)17)16(20)19-11-5-4-7-12(19)2/h6,8-9,12,18H,3-5,7,10-11H2,1-2H3. The van der Waals surface area contributed by atoms with Gasteiger partial charge in [0.2, 0.25) is 0 Å². The van der Waals surface area contributed by atoms with Gasteiger partial charge in [0.15, 0.2) is 0 Å². The maximum atomic E-state index is 14.0. The Bertz CT molecular complexity index is 476. The maximum Gasteiger partial charge on any atom is 0.256 e. The fraction of sp³-hybridized carbons (Fsp3) is 0.562. The van der Waals surface area contributed by atoms with Gasteiger partial charge in [-0.05, 0) is 44.7 Å². The summed E-state index contributed by atoms with van der Waals surface area (Å²) in [5.41, 5.74) is 0.796. The van der Waals surface area contributed by atoms with Gasteiger partial charge in [0.25, 0.3) is 5.91 Å². The lowest BCUT2D eigenvalue weighted by Crippen LogP contribution is -2.42. The number of halogens is 1. The Morgan fingerprint density at radius 1 is 1.45 bits per heavy atom. The molecule has 110 valence electrons. The molecule has 1 aliphatic rings. The molecule has 3 nitrogen and oxygen atoms in total. The van der Waals surface area contributed by atoms with Gasteiger partial charge < -0.3 is 10.2 Å². The van der Waals surface area contributed by atoms with Crippen molar-refractivity contribution in [3.8, 4) is 0 Å². The smallest absolute Gasteiger partial charge is 0.256 e. The van der Waals surface area contributed by atoms with E-state index in [9.17, 15) is 9.18 Å². The second-order valence-electron chi connectivity index (χ2n) is 5.43. The molecule has 20 heavy (non-hydrogen) atoms. The Labute approximate surface area is 120 Å². The number of rotatable bonds is 4. The van der Waals surface area contributed by atoms with E-state index < -0.39 is 0 Å². The fourth-order valence-electron chi connectivity index (χ4n) is 2.69. The summed E-state index contributed by atoms with van der Waals surface area (Å²) in [5.74, 6) is -0.413. The number of carbonyl (C=O) groups is 1. The summed E-state index contributed by atoms with van der Waals surface area (Å²) in [5, 5.41) is 3.04. The molecule has 1 heterocycles. The lowest BCUT2D eigenvalue weighted by atomic mass is 10.0. The highest BCUT2D eigenvalue weighted by Crippen LogP contribution is 2.25. The summed E-state index contributed by atoms with van der Waals surface area (Å²) in [4.78, 5) is 14.5. The van der Waals surface area contributed by atoms with Gasteiger partial charge in [-0.1, -0.05) is 13.0 Å². The highest BCUT2D eigenvalue weighted by atomic mass is 19.1. The van der Waals surface area contributed by atoms with E-state index >= 15 is 0 Å². The molecule has 2 rings (SSSR count). The Morgan fingerprint density at radius 3 is 2.95 bits per heavy atom. The Hall–Kier alpha value is -1.58. The number of nitrogens with zero attached hydrogens (tertiary/aromatic N) is 1. The van der Waals surface area contributed by atoms with Gasteiger partial charge in [-0.25, -0.2) is 4.39 Å². The molecule has 0 bridgehead atoms. The maximum absolute atomic E-state index is 14.0. The number of benzene rings is 1. The first-order valence-electron chi connectivity index (χ1n) is 7.48. The molecular formula is C16H23FN2O. The Balaban J connectivity index is 2.26. The Morgan fingerprint density at radius 2 is 2.25 bits per heavy atom. The van der Waals surface area contributed by atoms with E-state index in [1.807, 2.05) is 11.8 Å². The van der Waals surface area contributed by atoms with Crippen LogP contribution in [0.4, 0.5) is 10.1 Å². The molecule has 1 saturated heterocycles. The molecule has 0 radical (unpaired) electrons. The van der Waals surface area contributed by atoms with Gasteiger partial charge in [-0.3, -0.25) is 4.79 Å². The fourth-order valence-corrected chi connectivity index (χ4v) is 2.69. The van der Waals surface area contributed by atoms with Crippen LogP contribution in [-0.2, 0) is 0 Å². The van der Waals surface area contributed by atoms with E-state index in [1.54, 1.807) is 12.1 Å². The SMILES string of the molecule is CCCNc1c(F)cccc1C(=O)N1CCCCC1C. The van der Waals surface area contributed by atoms with E-state index in [-0.39, 0.29) is 17.8 Å². The van der Waals surface area contributed by atoms with Crippen molar-refractivity contribution >= 4 is 11.6 Å². The molecular weight excluding hydrogens is 255 g/mol. The average Bonchev–Trinajstić information content (AvgIpc) is 2.45. The normalized spacial score (nSPS) is 18.9. The molecule has 1 amide bonds. The average molecular weight is 278 g/mol. The molecule has 0 spiro atoms. The first kappa shape index (κ1) is 14.8. The van der Waals surface area contributed by atoms with Crippen LogP contribution < -0.4 is 5.32 Å². The quantitative estimate of drug-likeness (QED) is 0.911. The predicted octanol–water partition coefficient (Wildman–Crippen LogP) is 3.66. The van der Waals surface area contributed by atoms with Gasteiger partial charge in [-0.2, -0.15) is 0 Å². The van der Waals surface area contributed by atoms with E-state index in [0.717, 1.165) is 32.2 Å². The second kappa shape index (κ2) is 6.73. The van der Waals surface area contributed by atoms with Gasteiger partial charge in [0, 0.05) is 19.1 Å². The number of nitrogens with one attached hydrogen (secondary N) is 1. The first-order chi connectivity index (χ1) is 9.65. The van der Waals surface area contributed by atoms with Crippen molar-refractivity contribution in [3.05, 3.63) is 29.6 Å². The molecule has 4 heteroatoms. The van der Waals surface area contributed by atoms with Gasteiger partial charge >= 0.3 is 0 Å². The number of piperidine rings is 1. The molecule has 1 aliphatic heterocycles. The minimum absolute atomic E-state index is 0.0599. The van der Waals surface area contributed by atoms with Crippen molar-refractivity contribution in [2.24, 2.45) is 0 Å². The number of para-hydroxylation sites is 1. The molecule has 1 aromatic carbocycles. The first-order valence-corrected chi connectivity index (χ1v) is 7.48. The van der Waals surface area contributed by atoms with Crippen LogP contribution in [0.3, 0.4) is 0 Å². The topological polar surface area (TPSA) is 32.3 Å². The third-order valence-corrected chi connectivity index (χ3v) is 3.86. The van der Waals surface area contributed by atoms with E-state index in [1.165, 1.54) is 6.07 Å². The zero-order valence-corrected chi connectivity index (χ0v) is 12.3. The monoisotopic (exact) mass is 278 g/mol. The van der Waals surface area contributed by atoms with Crippen molar-refractivity contribution in [1.29, 1.82) is 0 Å². The van der Waals surface area contributed by atoms with Gasteiger partial charge in [0.05, 0.1) is 11.3 Å². The molecule has 1 atom stereocenters. The number of hydrogen-bond donors (Lipinski definition) is 1. The lowest BCUT2D eigenvalue weighted by molar-refractivity contribution is 0.0636. The molecule has 1 N–H and O–H groups in total. The van der Waals surface area contributed by atoms with Crippen molar-refractivity contribution in [1.82, 2.24) is 4.90 Å². The molecule has 1 unspecified atom stereocenters. The van der Waals surface area contributed by atoms with Crippen LogP contribution in [0.5, 0.6) is 0 Å². The van der Waals surface area contributed by atoms with Crippen LogP contribution in [0.15, 0.2) is 18.2 Å². The highest BCUT2D eigenvalue weighted by molar-refractivity contribution is 6.00. The zero-order valence-electron chi connectivity index (χ0n) is 12.3. The van der Waals surface area contributed by atoms with Gasteiger partial charge in [-0.15, -0.1) is 0 Å². The number of likely N-dealkylation sites (tertiary alicyclic amines) is 1. The number of anilines is 1. The van der Waals surface area contributed by atoms with Crippen molar-refractivity contribution in [2.45, 2.75) is 45.6 Å². The van der Waals surface area contributed by atoms with E-state index in [2.05, 4.69) is 12.2 Å². The number of carbonyl (C=O) groups excluding carboxylic acids is 1. The van der Waals surface area contributed by atoms with E-state index in [4.69, 9.17) is 0 Å². The summed E-state index contributed by atoms with van der Waals surface area (Å²) >= 11 is 0. The largest absolute Gasteiger partial charge is 0.382 e. The summed E-state index contributed by atoms with van der Waals surface area (Å²) in [7, 11) is 0. The number of amides is 1. The zero-order chi connectivity index (χ0) is 14.5. The van der Waals surface area contributed by atoms with Crippen molar-refractivity contribution in [2.75, 3.05) is 18.4 Å².